The number of amides is 1. The average molecular weight is 311 g/mol. The zero-order valence-electron chi connectivity index (χ0n) is 12.6. The van der Waals surface area contributed by atoms with Gasteiger partial charge in [0.15, 0.2) is 0 Å². The summed E-state index contributed by atoms with van der Waals surface area (Å²) in [6.45, 7) is 0.715. The lowest BCUT2D eigenvalue weighted by Crippen LogP contribution is -2.49. The van der Waals surface area contributed by atoms with E-state index in [0.717, 1.165) is 30.6 Å². The first kappa shape index (κ1) is 15.2. The van der Waals surface area contributed by atoms with Gasteiger partial charge >= 0.3 is 0 Å². The smallest absolute Gasteiger partial charge is 0.230 e. The number of hydrogen-bond donors (Lipinski definition) is 1. The molecule has 114 valence electrons. The minimum Gasteiger partial charge on any atom is -0.354 e. The molecule has 1 aliphatic carbocycles. The molecule has 0 aliphatic heterocycles. The van der Waals surface area contributed by atoms with Crippen LogP contribution in [0.4, 0.5) is 0 Å². The molecule has 2 aromatic rings. The Labute approximate surface area is 136 Å². The number of nitrogens with one attached hydrogen (secondary N) is 1. The van der Waals surface area contributed by atoms with Crippen molar-refractivity contribution in [2.45, 2.75) is 29.6 Å². The molecule has 1 aliphatic rings. The normalized spacial score (nSPS) is 15.8. The lowest BCUT2D eigenvalue weighted by molar-refractivity contribution is -0.129. The zero-order valence-corrected chi connectivity index (χ0v) is 13.4. The highest BCUT2D eigenvalue weighted by Gasteiger charge is 2.45. The predicted molar refractivity (Wildman–Crippen MR) is 92.1 cm³/mol. The first-order valence-corrected chi connectivity index (χ1v) is 8.81. The molecule has 0 atom stereocenters. The van der Waals surface area contributed by atoms with Crippen LogP contribution in [0.25, 0.3) is 0 Å². The fourth-order valence-corrected chi connectivity index (χ4v) is 3.74. The van der Waals surface area contributed by atoms with Crippen molar-refractivity contribution < 1.29 is 4.79 Å². The number of benzene rings is 2. The van der Waals surface area contributed by atoms with Crippen molar-refractivity contribution in [3.63, 3.8) is 0 Å². The molecule has 3 heteroatoms. The average Bonchev–Trinajstić information content (AvgIpc) is 2.53. The summed E-state index contributed by atoms with van der Waals surface area (Å²) >= 11 is 1.78. The largest absolute Gasteiger partial charge is 0.354 e. The third kappa shape index (κ3) is 3.20. The van der Waals surface area contributed by atoms with Gasteiger partial charge in [-0.15, -0.1) is 11.8 Å². The minimum absolute atomic E-state index is 0.193. The molecule has 0 radical (unpaired) electrons. The van der Waals surface area contributed by atoms with Gasteiger partial charge in [0.2, 0.25) is 5.91 Å². The number of rotatable bonds is 6. The lowest BCUT2D eigenvalue weighted by atomic mass is 9.64. The number of carbonyl (C=O) groups is 1. The van der Waals surface area contributed by atoms with Gasteiger partial charge in [-0.1, -0.05) is 55.0 Å². The molecule has 0 heterocycles. The molecule has 1 saturated carbocycles. The highest BCUT2D eigenvalue weighted by molar-refractivity contribution is 7.99. The van der Waals surface area contributed by atoms with E-state index < -0.39 is 0 Å². The van der Waals surface area contributed by atoms with Crippen molar-refractivity contribution in [3.05, 3.63) is 66.2 Å². The second-order valence-electron chi connectivity index (χ2n) is 5.72. The molecule has 0 spiro atoms. The van der Waals surface area contributed by atoms with Crippen LogP contribution in [0, 0.1) is 0 Å². The van der Waals surface area contributed by atoms with Gasteiger partial charge in [0.1, 0.15) is 0 Å². The lowest BCUT2D eigenvalue weighted by Gasteiger charge is -2.40. The Morgan fingerprint density at radius 1 is 1.00 bits per heavy atom. The third-order valence-electron chi connectivity index (χ3n) is 4.37. The van der Waals surface area contributed by atoms with Crippen LogP contribution in [-0.4, -0.2) is 18.2 Å². The maximum Gasteiger partial charge on any atom is 0.230 e. The molecule has 0 saturated heterocycles. The molecule has 1 N–H and O–H groups in total. The molecule has 22 heavy (non-hydrogen) atoms. The van der Waals surface area contributed by atoms with Crippen LogP contribution >= 0.6 is 11.8 Å². The second kappa shape index (κ2) is 7.01. The van der Waals surface area contributed by atoms with Gasteiger partial charge in [0.05, 0.1) is 5.41 Å². The molecule has 2 aromatic carbocycles. The first-order chi connectivity index (χ1) is 10.8. The molecular weight excluding hydrogens is 290 g/mol. The highest BCUT2D eigenvalue weighted by Crippen LogP contribution is 2.43. The van der Waals surface area contributed by atoms with Gasteiger partial charge in [0, 0.05) is 17.2 Å². The van der Waals surface area contributed by atoms with Crippen molar-refractivity contribution in [1.82, 2.24) is 5.32 Å². The van der Waals surface area contributed by atoms with Crippen LogP contribution < -0.4 is 5.32 Å². The van der Waals surface area contributed by atoms with E-state index >= 15 is 0 Å². The summed E-state index contributed by atoms with van der Waals surface area (Å²) in [4.78, 5) is 13.9. The van der Waals surface area contributed by atoms with Crippen molar-refractivity contribution in [1.29, 1.82) is 0 Å². The fraction of sp³-hybridized carbons (Fsp3) is 0.316. The summed E-state index contributed by atoms with van der Waals surface area (Å²) < 4.78 is 0. The van der Waals surface area contributed by atoms with E-state index in [1.54, 1.807) is 11.8 Å². The van der Waals surface area contributed by atoms with E-state index in [1.165, 1.54) is 4.90 Å². The second-order valence-corrected chi connectivity index (χ2v) is 6.89. The number of carbonyl (C=O) groups excluding carboxylic acids is 1. The summed E-state index contributed by atoms with van der Waals surface area (Å²) in [5.74, 6) is 1.10. The molecule has 0 bridgehead atoms. The van der Waals surface area contributed by atoms with E-state index in [4.69, 9.17) is 0 Å². The number of hydrogen-bond acceptors (Lipinski definition) is 2. The topological polar surface area (TPSA) is 29.1 Å². The summed E-state index contributed by atoms with van der Waals surface area (Å²) in [5, 5.41) is 3.13. The van der Waals surface area contributed by atoms with Gasteiger partial charge in [0.25, 0.3) is 0 Å². The van der Waals surface area contributed by atoms with Gasteiger partial charge in [-0.05, 0) is 30.5 Å². The molecule has 3 rings (SSSR count). The zero-order chi connectivity index (χ0) is 15.3. The Morgan fingerprint density at radius 3 is 2.23 bits per heavy atom. The molecule has 1 fully saturated rings. The maximum absolute atomic E-state index is 12.6. The van der Waals surface area contributed by atoms with E-state index in [2.05, 4.69) is 29.6 Å². The summed E-state index contributed by atoms with van der Waals surface area (Å²) in [5.41, 5.74) is 0.882. The molecule has 1 amide bonds. The van der Waals surface area contributed by atoms with Gasteiger partial charge in [-0.3, -0.25) is 4.79 Å². The highest BCUT2D eigenvalue weighted by atomic mass is 32.2. The Morgan fingerprint density at radius 2 is 1.64 bits per heavy atom. The van der Waals surface area contributed by atoms with E-state index in [1.807, 2.05) is 36.4 Å². The standard InChI is InChI=1S/C19H21NOS/c21-18(20-14-15-22-17-10-5-2-6-11-17)19(12-7-13-19)16-8-3-1-4-9-16/h1-6,8-11H,7,12-15H2,(H,20,21). The van der Waals surface area contributed by atoms with Gasteiger partial charge < -0.3 is 5.32 Å². The van der Waals surface area contributed by atoms with E-state index in [-0.39, 0.29) is 11.3 Å². The monoisotopic (exact) mass is 311 g/mol. The quantitative estimate of drug-likeness (QED) is 0.645. The van der Waals surface area contributed by atoms with Crippen molar-refractivity contribution in [2.75, 3.05) is 12.3 Å². The van der Waals surface area contributed by atoms with E-state index in [0.29, 0.717) is 6.54 Å². The Kier molecular flexibility index (Phi) is 4.84. The minimum atomic E-state index is -0.279. The third-order valence-corrected chi connectivity index (χ3v) is 5.38. The molecular formula is C19H21NOS. The maximum atomic E-state index is 12.6. The van der Waals surface area contributed by atoms with Crippen LogP contribution in [0.1, 0.15) is 24.8 Å². The number of thioether (sulfide) groups is 1. The predicted octanol–water partition coefficient (Wildman–Crippen LogP) is 4.02. The van der Waals surface area contributed by atoms with Crippen LogP contribution in [0.5, 0.6) is 0 Å². The van der Waals surface area contributed by atoms with Crippen LogP contribution in [0.3, 0.4) is 0 Å². The van der Waals surface area contributed by atoms with Gasteiger partial charge in [-0.2, -0.15) is 0 Å². The van der Waals surface area contributed by atoms with Crippen molar-refractivity contribution in [2.24, 2.45) is 0 Å². The Bertz CT molecular complexity index is 608. The fourth-order valence-electron chi connectivity index (χ4n) is 2.95. The Balaban J connectivity index is 1.53. The molecule has 2 nitrogen and oxygen atoms in total. The van der Waals surface area contributed by atoms with Gasteiger partial charge in [-0.25, -0.2) is 0 Å². The van der Waals surface area contributed by atoms with Crippen molar-refractivity contribution >= 4 is 17.7 Å². The summed E-state index contributed by atoms with van der Waals surface area (Å²) in [7, 11) is 0. The van der Waals surface area contributed by atoms with Crippen LogP contribution in [0.15, 0.2) is 65.6 Å². The first-order valence-electron chi connectivity index (χ1n) is 7.83. The van der Waals surface area contributed by atoms with Crippen LogP contribution in [0.2, 0.25) is 0 Å². The molecule has 0 unspecified atom stereocenters. The summed E-state index contributed by atoms with van der Waals surface area (Å²) in [6.07, 6.45) is 3.07. The van der Waals surface area contributed by atoms with E-state index in [9.17, 15) is 4.79 Å². The summed E-state index contributed by atoms with van der Waals surface area (Å²) in [6, 6.07) is 20.5. The molecule has 0 aromatic heterocycles. The van der Waals surface area contributed by atoms with Crippen LogP contribution in [-0.2, 0) is 10.2 Å². The van der Waals surface area contributed by atoms with Crippen molar-refractivity contribution in [3.8, 4) is 0 Å². The SMILES string of the molecule is O=C(NCCSc1ccccc1)C1(c2ccccc2)CCC1. The Hall–Kier alpha value is -1.74.